The van der Waals surface area contributed by atoms with E-state index in [1.807, 2.05) is 18.2 Å². The SMILES string of the molecule is O=C(O)C(F)(F)F.O=C(O)C(F)(F)F.O=C(c1cc(Cl)cc(OCCNc2ccncc2)c1)N(CCCN1CCCC1)C1CCCC1. The fourth-order valence-electron chi connectivity index (χ4n) is 4.91. The predicted octanol–water partition coefficient (Wildman–Crippen LogP) is 6.36. The number of likely N-dealkylation sites (tertiary alicyclic amines) is 1. The van der Waals surface area contributed by atoms with Gasteiger partial charge in [-0.15, -0.1) is 0 Å². The summed E-state index contributed by atoms with van der Waals surface area (Å²) in [5.41, 5.74) is 1.62. The van der Waals surface area contributed by atoms with Gasteiger partial charge < -0.3 is 30.1 Å². The van der Waals surface area contributed by atoms with Crippen LogP contribution in [0.1, 0.15) is 55.3 Å². The van der Waals surface area contributed by atoms with Crippen LogP contribution in [-0.2, 0) is 9.59 Å². The number of nitrogens with zero attached hydrogens (tertiary/aromatic N) is 3. The van der Waals surface area contributed by atoms with Gasteiger partial charge in [-0.3, -0.25) is 9.78 Å². The van der Waals surface area contributed by atoms with E-state index in [-0.39, 0.29) is 5.91 Å². The largest absolute Gasteiger partial charge is 0.492 e. The maximum absolute atomic E-state index is 13.6. The van der Waals surface area contributed by atoms with Gasteiger partial charge in [-0.05, 0) is 82.1 Å². The van der Waals surface area contributed by atoms with E-state index in [9.17, 15) is 31.1 Å². The Labute approximate surface area is 272 Å². The number of carbonyl (C=O) groups excluding carboxylic acids is 1. The Morgan fingerprint density at radius 3 is 2.02 bits per heavy atom. The van der Waals surface area contributed by atoms with E-state index in [0.29, 0.717) is 35.5 Å². The van der Waals surface area contributed by atoms with E-state index >= 15 is 0 Å². The number of halogens is 7. The molecule has 2 fully saturated rings. The molecule has 0 unspecified atom stereocenters. The van der Waals surface area contributed by atoms with E-state index in [1.165, 1.54) is 38.8 Å². The summed E-state index contributed by atoms with van der Waals surface area (Å²) >= 11 is 6.38. The average molecular weight is 699 g/mol. The van der Waals surface area contributed by atoms with Gasteiger partial charge in [0.05, 0.1) is 0 Å². The number of anilines is 1. The van der Waals surface area contributed by atoms with Crippen molar-refractivity contribution in [2.75, 3.05) is 44.6 Å². The minimum atomic E-state index is -5.08. The number of alkyl halides is 6. The van der Waals surface area contributed by atoms with Crippen molar-refractivity contribution in [2.24, 2.45) is 0 Å². The van der Waals surface area contributed by atoms with Gasteiger partial charge in [0, 0.05) is 47.8 Å². The number of carbonyl (C=O) groups is 3. The molecule has 4 rings (SSSR count). The third-order valence-electron chi connectivity index (χ3n) is 7.08. The van der Waals surface area contributed by atoms with Crippen molar-refractivity contribution < 1.29 is 55.7 Å². The molecule has 1 saturated carbocycles. The van der Waals surface area contributed by atoms with Gasteiger partial charge in [0.25, 0.3) is 5.91 Å². The Hall–Kier alpha value is -3.79. The zero-order chi connectivity index (χ0) is 35.0. The number of aliphatic carboxylic acids is 2. The Bertz CT molecular complexity index is 1250. The summed E-state index contributed by atoms with van der Waals surface area (Å²) in [6.45, 7) is 5.39. The highest BCUT2D eigenvalue weighted by molar-refractivity contribution is 6.31. The third-order valence-corrected chi connectivity index (χ3v) is 7.30. The van der Waals surface area contributed by atoms with E-state index in [4.69, 9.17) is 36.1 Å². The molecule has 0 bridgehead atoms. The monoisotopic (exact) mass is 698 g/mol. The van der Waals surface area contributed by atoms with Crippen molar-refractivity contribution in [3.8, 4) is 5.75 Å². The topological polar surface area (TPSA) is 132 Å². The molecule has 1 amide bonds. The predicted molar refractivity (Wildman–Crippen MR) is 161 cm³/mol. The summed E-state index contributed by atoms with van der Waals surface area (Å²) in [7, 11) is 0. The van der Waals surface area contributed by atoms with Gasteiger partial charge in [0.15, 0.2) is 0 Å². The number of aromatic nitrogens is 1. The molecule has 10 nitrogen and oxygen atoms in total. The highest BCUT2D eigenvalue weighted by atomic mass is 35.5. The van der Waals surface area contributed by atoms with Crippen LogP contribution in [0.2, 0.25) is 5.02 Å². The zero-order valence-corrected chi connectivity index (χ0v) is 26.1. The first kappa shape index (κ1) is 39.4. The minimum absolute atomic E-state index is 0.0746. The Morgan fingerprint density at radius 2 is 1.49 bits per heavy atom. The molecule has 1 aromatic carbocycles. The highest BCUT2D eigenvalue weighted by Gasteiger charge is 2.39. The van der Waals surface area contributed by atoms with Crippen molar-refractivity contribution in [2.45, 2.75) is 63.3 Å². The van der Waals surface area contributed by atoms with Crippen LogP contribution in [0.15, 0.2) is 42.7 Å². The molecular formula is C30H37ClF6N4O6. The fraction of sp³-hybridized carbons (Fsp3) is 0.533. The molecule has 1 aliphatic heterocycles. The van der Waals surface area contributed by atoms with Crippen LogP contribution in [0.5, 0.6) is 5.75 Å². The molecule has 2 aromatic rings. The molecule has 2 heterocycles. The minimum Gasteiger partial charge on any atom is -0.492 e. The van der Waals surface area contributed by atoms with Gasteiger partial charge in [0.1, 0.15) is 12.4 Å². The molecule has 262 valence electrons. The highest BCUT2D eigenvalue weighted by Crippen LogP contribution is 2.28. The van der Waals surface area contributed by atoms with Crippen LogP contribution in [0.4, 0.5) is 32.0 Å². The van der Waals surface area contributed by atoms with E-state index in [0.717, 1.165) is 38.0 Å². The number of nitrogens with one attached hydrogen (secondary N) is 1. The average Bonchev–Trinajstić information content (AvgIpc) is 3.72. The Morgan fingerprint density at radius 1 is 0.936 bits per heavy atom. The summed E-state index contributed by atoms with van der Waals surface area (Å²) in [6.07, 6.45) is 1.55. The molecule has 0 radical (unpaired) electrons. The number of hydrogen-bond donors (Lipinski definition) is 3. The number of carboxylic acid groups (broad SMARTS) is 2. The molecular weight excluding hydrogens is 662 g/mol. The fourth-order valence-corrected chi connectivity index (χ4v) is 5.13. The molecule has 17 heteroatoms. The molecule has 1 aromatic heterocycles. The van der Waals surface area contributed by atoms with Crippen LogP contribution >= 0.6 is 11.6 Å². The summed E-state index contributed by atoms with van der Waals surface area (Å²) < 4.78 is 69.4. The first-order chi connectivity index (χ1) is 22.1. The van der Waals surface area contributed by atoms with Crippen molar-refractivity contribution in [1.82, 2.24) is 14.8 Å². The van der Waals surface area contributed by atoms with Crippen molar-refractivity contribution in [3.63, 3.8) is 0 Å². The number of amides is 1. The summed E-state index contributed by atoms with van der Waals surface area (Å²) in [4.78, 5) is 40.0. The number of ether oxygens (including phenoxy) is 1. The van der Waals surface area contributed by atoms with Crippen LogP contribution in [0.25, 0.3) is 0 Å². The van der Waals surface area contributed by atoms with Gasteiger partial charge in [-0.1, -0.05) is 24.4 Å². The number of rotatable bonds is 11. The number of hydrogen-bond acceptors (Lipinski definition) is 7. The third kappa shape index (κ3) is 15.1. The maximum Gasteiger partial charge on any atom is 0.490 e. The number of pyridine rings is 1. The van der Waals surface area contributed by atoms with Crippen LogP contribution in [0.3, 0.4) is 0 Å². The van der Waals surface area contributed by atoms with Crippen LogP contribution < -0.4 is 10.1 Å². The van der Waals surface area contributed by atoms with Gasteiger partial charge in [-0.25, -0.2) is 9.59 Å². The second kappa shape index (κ2) is 19.1. The molecule has 47 heavy (non-hydrogen) atoms. The van der Waals surface area contributed by atoms with Gasteiger partial charge in [-0.2, -0.15) is 26.3 Å². The second-order valence-electron chi connectivity index (χ2n) is 10.6. The van der Waals surface area contributed by atoms with Crippen LogP contribution in [-0.4, -0.2) is 101 Å². The Balaban J connectivity index is 0.000000459. The zero-order valence-electron chi connectivity index (χ0n) is 25.3. The lowest BCUT2D eigenvalue weighted by atomic mass is 10.1. The molecule has 0 spiro atoms. The van der Waals surface area contributed by atoms with Crippen molar-refractivity contribution >= 4 is 35.1 Å². The Kier molecular flexibility index (Phi) is 16.0. The molecule has 3 N–H and O–H groups in total. The van der Waals surface area contributed by atoms with Gasteiger partial charge >= 0.3 is 24.3 Å². The summed E-state index contributed by atoms with van der Waals surface area (Å²) in [6, 6.07) is 9.55. The standard InChI is InChI=1S/C26H35ClN4O2.2C2HF3O2/c27-22-18-21(19-25(20-22)33-17-12-29-23-8-10-28-11-9-23)26(32)31(24-6-1-2-7-24)16-5-15-30-13-3-4-14-30;2*3-2(4,5)1(6)7/h8-11,18-20,24H,1-7,12-17H2,(H,28,29);2*(H,6,7). The van der Waals surface area contributed by atoms with Gasteiger partial charge in [0.2, 0.25) is 0 Å². The normalized spacial score (nSPS) is 15.1. The first-order valence-corrected chi connectivity index (χ1v) is 15.2. The number of benzene rings is 1. The second-order valence-corrected chi connectivity index (χ2v) is 11.1. The summed E-state index contributed by atoms with van der Waals surface area (Å²) in [5.74, 6) is -4.81. The number of carboxylic acids is 2. The summed E-state index contributed by atoms with van der Waals surface area (Å²) in [5, 5.41) is 18.1. The van der Waals surface area contributed by atoms with E-state index < -0.39 is 24.3 Å². The molecule has 1 saturated heterocycles. The maximum atomic E-state index is 13.6. The van der Waals surface area contributed by atoms with Crippen molar-refractivity contribution in [3.05, 3.63) is 53.3 Å². The molecule has 1 aliphatic carbocycles. The molecule has 2 aliphatic rings. The van der Waals surface area contributed by atoms with Crippen LogP contribution in [0, 0.1) is 0 Å². The van der Waals surface area contributed by atoms with E-state index in [1.54, 1.807) is 24.5 Å². The first-order valence-electron chi connectivity index (χ1n) is 14.8. The lowest BCUT2D eigenvalue weighted by Gasteiger charge is -2.30. The van der Waals surface area contributed by atoms with Crippen molar-refractivity contribution in [1.29, 1.82) is 0 Å². The lowest BCUT2D eigenvalue weighted by Crippen LogP contribution is -2.40. The molecule has 0 atom stereocenters. The smallest absolute Gasteiger partial charge is 0.490 e. The van der Waals surface area contributed by atoms with E-state index in [2.05, 4.69) is 20.1 Å². The lowest BCUT2D eigenvalue weighted by molar-refractivity contribution is -0.193. The quantitative estimate of drug-likeness (QED) is 0.181.